The predicted molar refractivity (Wildman–Crippen MR) is 57.7 cm³/mol. The lowest BCUT2D eigenvalue weighted by Gasteiger charge is -2.10. The summed E-state index contributed by atoms with van der Waals surface area (Å²) in [5.74, 6) is 0.771. The van der Waals surface area contributed by atoms with Crippen LogP contribution in [0.1, 0.15) is 12.1 Å². The highest BCUT2D eigenvalue weighted by atomic mass is 16.5. The number of nitrogens with zero attached hydrogens (tertiary/aromatic N) is 1. The number of ether oxygens (including phenoxy) is 1. The van der Waals surface area contributed by atoms with Crippen LogP contribution in [0.4, 0.5) is 5.69 Å². The summed E-state index contributed by atoms with van der Waals surface area (Å²) in [6.07, 6.45) is 2.67. The van der Waals surface area contributed by atoms with E-state index in [0.29, 0.717) is 6.54 Å². The summed E-state index contributed by atoms with van der Waals surface area (Å²) in [4.78, 5) is 4.15. The highest BCUT2D eigenvalue weighted by Gasteiger charge is 2.02. The fourth-order valence-corrected chi connectivity index (χ4v) is 1.17. The second kappa shape index (κ2) is 5.44. The van der Waals surface area contributed by atoms with Gasteiger partial charge in [0.05, 0.1) is 19.0 Å². The van der Waals surface area contributed by atoms with Crippen LogP contribution >= 0.6 is 0 Å². The van der Waals surface area contributed by atoms with Crippen molar-refractivity contribution in [1.82, 2.24) is 4.98 Å². The van der Waals surface area contributed by atoms with Crippen molar-refractivity contribution in [3.05, 3.63) is 18.0 Å². The van der Waals surface area contributed by atoms with Gasteiger partial charge in [0.1, 0.15) is 0 Å². The summed E-state index contributed by atoms with van der Waals surface area (Å²) >= 11 is 0. The third kappa shape index (κ3) is 2.88. The molecule has 0 radical (unpaired) electrons. The van der Waals surface area contributed by atoms with E-state index >= 15 is 0 Å². The fraction of sp³-hybridized carbons (Fsp3) is 0.500. The average Bonchev–Trinajstić information content (AvgIpc) is 2.19. The van der Waals surface area contributed by atoms with Crippen molar-refractivity contribution in [2.24, 2.45) is 5.73 Å². The summed E-state index contributed by atoms with van der Waals surface area (Å²) < 4.78 is 5.17. The number of rotatable bonds is 5. The van der Waals surface area contributed by atoms with Crippen molar-refractivity contribution in [3.63, 3.8) is 0 Å². The van der Waals surface area contributed by atoms with Crippen LogP contribution in [-0.2, 0) is 0 Å². The zero-order valence-electron chi connectivity index (χ0n) is 8.71. The van der Waals surface area contributed by atoms with Crippen molar-refractivity contribution in [1.29, 1.82) is 0 Å². The first-order valence-corrected chi connectivity index (χ1v) is 4.72. The molecule has 0 aromatic carbocycles. The van der Waals surface area contributed by atoms with E-state index in [4.69, 9.17) is 10.5 Å². The Bertz CT molecular complexity index is 289. The molecule has 78 valence electrons. The first-order valence-electron chi connectivity index (χ1n) is 4.72. The van der Waals surface area contributed by atoms with Crippen LogP contribution in [0.3, 0.4) is 0 Å². The molecule has 0 atom stereocenters. The quantitative estimate of drug-likeness (QED) is 0.692. The summed E-state index contributed by atoms with van der Waals surface area (Å²) in [7, 11) is 1.64. The molecule has 1 aromatic heterocycles. The summed E-state index contributed by atoms with van der Waals surface area (Å²) in [6, 6.07) is 1.97. The summed E-state index contributed by atoms with van der Waals surface area (Å²) in [5, 5.41) is 3.26. The fourth-order valence-electron chi connectivity index (χ4n) is 1.17. The average molecular weight is 195 g/mol. The third-order valence-corrected chi connectivity index (χ3v) is 1.92. The standard InChI is InChI=1S/C10H17N3O/c1-8-6-9(12-5-3-4-11)10(14-2)7-13-8/h6-7H,3-5,11H2,1-2H3,(H,12,13). The lowest BCUT2D eigenvalue weighted by molar-refractivity contribution is 0.414. The Labute approximate surface area is 84.5 Å². The number of hydrogen-bond donors (Lipinski definition) is 2. The van der Waals surface area contributed by atoms with E-state index in [2.05, 4.69) is 10.3 Å². The van der Waals surface area contributed by atoms with Crippen molar-refractivity contribution in [3.8, 4) is 5.75 Å². The lowest BCUT2D eigenvalue weighted by atomic mass is 10.3. The summed E-state index contributed by atoms with van der Waals surface area (Å²) in [6.45, 7) is 3.50. The van der Waals surface area contributed by atoms with E-state index in [-0.39, 0.29) is 0 Å². The van der Waals surface area contributed by atoms with E-state index in [1.54, 1.807) is 13.3 Å². The molecule has 0 saturated carbocycles. The molecular formula is C10H17N3O. The number of hydrogen-bond acceptors (Lipinski definition) is 4. The monoisotopic (exact) mass is 195 g/mol. The Morgan fingerprint density at radius 1 is 1.57 bits per heavy atom. The molecule has 4 heteroatoms. The molecule has 0 bridgehead atoms. The second-order valence-electron chi connectivity index (χ2n) is 3.09. The zero-order chi connectivity index (χ0) is 10.4. The molecule has 0 aliphatic carbocycles. The largest absolute Gasteiger partial charge is 0.493 e. The molecule has 0 amide bonds. The maximum Gasteiger partial charge on any atom is 0.160 e. The number of methoxy groups -OCH3 is 1. The van der Waals surface area contributed by atoms with Gasteiger partial charge in [-0.25, -0.2) is 0 Å². The van der Waals surface area contributed by atoms with Gasteiger partial charge in [0, 0.05) is 12.2 Å². The second-order valence-corrected chi connectivity index (χ2v) is 3.09. The number of nitrogens with two attached hydrogens (primary N) is 1. The minimum Gasteiger partial charge on any atom is -0.493 e. The SMILES string of the molecule is COc1cnc(C)cc1NCCCN. The van der Waals surface area contributed by atoms with Gasteiger partial charge in [-0.05, 0) is 26.0 Å². The van der Waals surface area contributed by atoms with E-state index in [1.165, 1.54) is 0 Å². The van der Waals surface area contributed by atoms with Crippen molar-refractivity contribution < 1.29 is 4.74 Å². The van der Waals surface area contributed by atoms with E-state index in [9.17, 15) is 0 Å². The third-order valence-electron chi connectivity index (χ3n) is 1.92. The Morgan fingerprint density at radius 2 is 2.36 bits per heavy atom. The molecule has 1 heterocycles. The number of pyridine rings is 1. The Balaban J connectivity index is 2.67. The maximum absolute atomic E-state index is 5.41. The van der Waals surface area contributed by atoms with Gasteiger partial charge < -0.3 is 15.8 Å². The lowest BCUT2D eigenvalue weighted by Crippen LogP contribution is -2.09. The smallest absolute Gasteiger partial charge is 0.160 e. The minimum atomic E-state index is 0.694. The Hall–Kier alpha value is -1.29. The van der Waals surface area contributed by atoms with Gasteiger partial charge in [0.2, 0.25) is 0 Å². The van der Waals surface area contributed by atoms with E-state index < -0.39 is 0 Å². The van der Waals surface area contributed by atoms with Crippen molar-refractivity contribution in [2.45, 2.75) is 13.3 Å². The summed E-state index contributed by atoms with van der Waals surface area (Å²) in [5.41, 5.74) is 7.36. The van der Waals surface area contributed by atoms with Crippen LogP contribution in [0.25, 0.3) is 0 Å². The first-order chi connectivity index (χ1) is 6.77. The van der Waals surface area contributed by atoms with Crippen LogP contribution in [0, 0.1) is 6.92 Å². The molecule has 3 N–H and O–H groups in total. The Kier molecular flexibility index (Phi) is 4.19. The molecule has 14 heavy (non-hydrogen) atoms. The van der Waals surface area contributed by atoms with Crippen LogP contribution in [-0.4, -0.2) is 25.2 Å². The topological polar surface area (TPSA) is 60.2 Å². The Morgan fingerprint density at radius 3 is 3.00 bits per heavy atom. The van der Waals surface area contributed by atoms with Crippen LogP contribution < -0.4 is 15.8 Å². The predicted octanol–water partition coefficient (Wildman–Crippen LogP) is 1.16. The molecule has 0 saturated heterocycles. The molecule has 0 fully saturated rings. The van der Waals surface area contributed by atoms with Gasteiger partial charge in [0.15, 0.2) is 5.75 Å². The molecule has 4 nitrogen and oxygen atoms in total. The van der Waals surface area contributed by atoms with Gasteiger partial charge in [-0.15, -0.1) is 0 Å². The van der Waals surface area contributed by atoms with Crippen LogP contribution in [0.5, 0.6) is 5.75 Å². The van der Waals surface area contributed by atoms with Gasteiger partial charge in [-0.1, -0.05) is 0 Å². The van der Waals surface area contributed by atoms with E-state index in [0.717, 1.165) is 30.1 Å². The molecule has 1 rings (SSSR count). The minimum absolute atomic E-state index is 0.694. The number of anilines is 1. The molecular weight excluding hydrogens is 178 g/mol. The van der Waals surface area contributed by atoms with Gasteiger partial charge >= 0.3 is 0 Å². The number of aromatic nitrogens is 1. The maximum atomic E-state index is 5.41. The molecule has 0 aliphatic rings. The van der Waals surface area contributed by atoms with Crippen molar-refractivity contribution in [2.75, 3.05) is 25.5 Å². The number of aryl methyl sites for hydroxylation is 1. The highest BCUT2D eigenvalue weighted by molar-refractivity contribution is 5.55. The molecule has 0 unspecified atom stereocenters. The van der Waals surface area contributed by atoms with Gasteiger partial charge in [-0.3, -0.25) is 4.98 Å². The van der Waals surface area contributed by atoms with Gasteiger partial charge in [0.25, 0.3) is 0 Å². The molecule has 1 aromatic rings. The van der Waals surface area contributed by atoms with Crippen molar-refractivity contribution >= 4 is 5.69 Å². The van der Waals surface area contributed by atoms with Gasteiger partial charge in [-0.2, -0.15) is 0 Å². The normalized spacial score (nSPS) is 9.93. The highest BCUT2D eigenvalue weighted by Crippen LogP contribution is 2.23. The van der Waals surface area contributed by atoms with E-state index in [1.807, 2.05) is 13.0 Å². The first kappa shape index (κ1) is 10.8. The van der Waals surface area contributed by atoms with Crippen LogP contribution in [0.15, 0.2) is 12.3 Å². The molecule has 0 spiro atoms. The van der Waals surface area contributed by atoms with Crippen LogP contribution in [0.2, 0.25) is 0 Å². The zero-order valence-corrected chi connectivity index (χ0v) is 8.71. The number of nitrogens with one attached hydrogen (secondary N) is 1. The molecule has 0 aliphatic heterocycles.